The van der Waals surface area contributed by atoms with E-state index in [1.54, 1.807) is 11.8 Å². The zero-order chi connectivity index (χ0) is 18.3. The summed E-state index contributed by atoms with van der Waals surface area (Å²) in [5, 5.41) is 12.0. The summed E-state index contributed by atoms with van der Waals surface area (Å²) in [5.41, 5.74) is 2.07. The predicted molar refractivity (Wildman–Crippen MR) is 106 cm³/mol. The third-order valence-corrected chi connectivity index (χ3v) is 6.07. The Morgan fingerprint density at radius 1 is 1.35 bits per heavy atom. The molecule has 0 spiro atoms. The van der Waals surface area contributed by atoms with Gasteiger partial charge in [-0.2, -0.15) is 0 Å². The molecule has 1 aliphatic carbocycles. The molecule has 3 unspecified atom stereocenters. The second kappa shape index (κ2) is 6.91. The van der Waals surface area contributed by atoms with Gasteiger partial charge < -0.3 is 0 Å². The number of fused-ring (bicyclic) bond motifs is 2. The van der Waals surface area contributed by atoms with Crippen molar-refractivity contribution in [2.75, 3.05) is 5.75 Å². The van der Waals surface area contributed by atoms with Crippen LogP contribution in [0.2, 0.25) is 0 Å². The summed E-state index contributed by atoms with van der Waals surface area (Å²) in [6, 6.07) is 7.88. The highest BCUT2D eigenvalue weighted by molar-refractivity contribution is 8.13. The van der Waals surface area contributed by atoms with Crippen LogP contribution >= 0.6 is 11.8 Å². The zero-order valence-corrected chi connectivity index (χ0v) is 16.2. The molecule has 0 saturated carbocycles. The normalized spacial score (nSPS) is 27.7. The van der Waals surface area contributed by atoms with Crippen LogP contribution < -0.4 is 15.9 Å². The number of benzene rings is 1. The summed E-state index contributed by atoms with van der Waals surface area (Å²) < 4.78 is 0. The van der Waals surface area contributed by atoms with Crippen molar-refractivity contribution in [1.82, 2.24) is 10.3 Å². The van der Waals surface area contributed by atoms with Gasteiger partial charge in [0.25, 0.3) is 5.91 Å². The number of carbonyl (C=O) groups is 1. The number of thioether (sulfide) groups is 1. The first-order chi connectivity index (χ1) is 12.6. The van der Waals surface area contributed by atoms with Crippen LogP contribution in [-0.4, -0.2) is 28.0 Å². The van der Waals surface area contributed by atoms with Crippen LogP contribution in [-0.2, 0) is 4.79 Å². The second-order valence-electron chi connectivity index (χ2n) is 7.18. The van der Waals surface area contributed by atoms with Gasteiger partial charge in [0.15, 0.2) is 5.17 Å². The van der Waals surface area contributed by atoms with Gasteiger partial charge in [-0.3, -0.25) is 15.1 Å². The van der Waals surface area contributed by atoms with Gasteiger partial charge in [0.05, 0.1) is 5.36 Å². The van der Waals surface area contributed by atoms with Gasteiger partial charge in [0.2, 0.25) is 0 Å². The molecule has 26 heavy (non-hydrogen) atoms. The van der Waals surface area contributed by atoms with E-state index in [1.807, 2.05) is 29.3 Å². The molecule has 1 aromatic rings. The summed E-state index contributed by atoms with van der Waals surface area (Å²) in [7, 11) is 0. The van der Waals surface area contributed by atoms with Gasteiger partial charge in [-0.05, 0) is 37.5 Å². The fourth-order valence-electron chi connectivity index (χ4n) is 4.06. The lowest BCUT2D eigenvalue weighted by atomic mass is 9.79. The number of rotatable bonds is 2. The molecule has 2 heterocycles. The van der Waals surface area contributed by atoms with E-state index in [0.717, 1.165) is 29.2 Å². The quantitative estimate of drug-likeness (QED) is 0.814. The van der Waals surface area contributed by atoms with E-state index in [1.165, 1.54) is 5.57 Å². The van der Waals surface area contributed by atoms with E-state index >= 15 is 0 Å². The number of carbonyl (C=O) groups excluding carboxylic acids is 1. The molecule has 5 nitrogen and oxygen atoms in total. The van der Waals surface area contributed by atoms with Gasteiger partial charge in [-0.1, -0.05) is 55.5 Å². The highest BCUT2D eigenvalue weighted by Gasteiger charge is 2.39. The largest absolute Gasteiger partial charge is 0.298 e. The first-order valence-electron chi connectivity index (χ1n) is 9.23. The van der Waals surface area contributed by atoms with Crippen LogP contribution in [0.5, 0.6) is 0 Å². The zero-order valence-electron chi connectivity index (χ0n) is 15.4. The molecule has 0 aromatic heterocycles. The van der Waals surface area contributed by atoms with Crippen molar-refractivity contribution in [2.24, 2.45) is 21.9 Å². The molecule has 4 rings (SSSR count). The first kappa shape index (κ1) is 17.3. The Balaban J connectivity index is 1.86. The molecule has 3 aliphatic rings. The summed E-state index contributed by atoms with van der Waals surface area (Å²) in [5.74, 6) is 1.62. The number of amides is 1. The maximum Gasteiger partial charge on any atom is 0.276 e. The number of nitrogens with one attached hydrogen (secondary N) is 1. The average molecular weight is 369 g/mol. The molecule has 0 radical (unpaired) electrons. The molecule has 1 amide bonds. The molecule has 6 heteroatoms. The number of hydrogen-bond donors (Lipinski definition) is 1. The topological polar surface area (TPSA) is 57.1 Å². The molecule has 136 valence electrons. The Hall–Kier alpha value is -2.08. The minimum Gasteiger partial charge on any atom is -0.298 e. The van der Waals surface area contributed by atoms with Crippen molar-refractivity contribution < 1.29 is 4.79 Å². The van der Waals surface area contributed by atoms with Crippen molar-refractivity contribution in [2.45, 2.75) is 39.8 Å². The third-order valence-electron chi connectivity index (χ3n) is 5.32. The fraction of sp³-hybridized carbons (Fsp3) is 0.450. The van der Waals surface area contributed by atoms with Crippen molar-refractivity contribution in [3.05, 3.63) is 46.5 Å². The van der Waals surface area contributed by atoms with Gasteiger partial charge in [-0.15, -0.1) is 5.10 Å². The highest BCUT2D eigenvalue weighted by atomic mass is 32.2. The lowest BCUT2D eigenvalue weighted by Gasteiger charge is -2.40. The first-order valence-corrected chi connectivity index (χ1v) is 10.2. The van der Waals surface area contributed by atoms with Crippen molar-refractivity contribution in [3.63, 3.8) is 0 Å². The van der Waals surface area contributed by atoms with E-state index in [2.05, 4.69) is 32.2 Å². The minimum atomic E-state index is -0.141. The molecule has 1 N–H and O–H groups in total. The minimum absolute atomic E-state index is 0.0847. The summed E-state index contributed by atoms with van der Waals surface area (Å²) in [6.07, 6.45) is 4.22. The van der Waals surface area contributed by atoms with Crippen LogP contribution in [0.4, 0.5) is 0 Å². The van der Waals surface area contributed by atoms with E-state index in [-0.39, 0.29) is 12.1 Å². The maximum atomic E-state index is 12.9. The SMILES string of the molecule is CCSC1=NN2C(=c3ccccc3=NC2C2CC=C(C)CC2C)C(=O)N1. The van der Waals surface area contributed by atoms with Gasteiger partial charge in [0, 0.05) is 11.1 Å². The number of hydrogen-bond acceptors (Lipinski definition) is 5. The van der Waals surface area contributed by atoms with Gasteiger partial charge in [-0.25, -0.2) is 5.01 Å². The molecule has 0 bridgehead atoms. The summed E-state index contributed by atoms with van der Waals surface area (Å²) in [4.78, 5) is 17.9. The van der Waals surface area contributed by atoms with Crippen molar-refractivity contribution >= 4 is 28.5 Å². The van der Waals surface area contributed by atoms with Gasteiger partial charge in [0.1, 0.15) is 11.9 Å². The molecule has 3 atom stereocenters. The Kier molecular flexibility index (Phi) is 4.61. The lowest BCUT2D eigenvalue weighted by Crippen LogP contribution is -2.55. The van der Waals surface area contributed by atoms with Crippen LogP contribution in [0, 0.1) is 11.8 Å². The van der Waals surface area contributed by atoms with E-state index in [0.29, 0.717) is 22.7 Å². The Labute approximate surface area is 157 Å². The summed E-state index contributed by atoms with van der Waals surface area (Å²) >= 11 is 1.55. The maximum absolute atomic E-state index is 12.9. The number of hydrazone groups is 1. The second-order valence-corrected chi connectivity index (χ2v) is 8.43. The van der Waals surface area contributed by atoms with Gasteiger partial charge >= 0.3 is 0 Å². The Morgan fingerprint density at radius 3 is 2.92 bits per heavy atom. The number of nitrogens with zero attached hydrogens (tertiary/aromatic N) is 3. The molecule has 0 fully saturated rings. The van der Waals surface area contributed by atoms with Crippen LogP contribution in [0.25, 0.3) is 5.70 Å². The Morgan fingerprint density at radius 2 is 2.15 bits per heavy atom. The molecular weight excluding hydrogens is 344 g/mol. The fourth-order valence-corrected chi connectivity index (χ4v) is 4.64. The summed E-state index contributed by atoms with van der Waals surface area (Å²) in [6.45, 7) is 6.54. The van der Waals surface area contributed by atoms with Crippen LogP contribution in [0.15, 0.2) is 46.0 Å². The lowest BCUT2D eigenvalue weighted by molar-refractivity contribution is -0.116. The van der Waals surface area contributed by atoms with E-state index in [4.69, 9.17) is 10.1 Å². The third kappa shape index (κ3) is 2.96. The predicted octanol–water partition coefficient (Wildman–Crippen LogP) is 2.20. The van der Waals surface area contributed by atoms with Crippen molar-refractivity contribution in [3.8, 4) is 0 Å². The molecular formula is C20H24N4OS. The van der Waals surface area contributed by atoms with E-state index in [9.17, 15) is 4.79 Å². The smallest absolute Gasteiger partial charge is 0.276 e. The molecule has 1 aromatic carbocycles. The Bertz CT molecular complexity index is 920. The number of para-hydroxylation sites is 1. The number of allylic oxidation sites excluding steroid dienone is 2. The van der Waals surface area contributed by atoms with Crippen molar-refractivity contribution in [1.29, 1.82) is 0 Å². The van der Waals surface area contributed by atoms with Crippen LogP contribution in [0.3, 0.4) is 0 Å². The standard InChI is InChI=1S/C20H24N4OS/c1-4-26-20-22-19(25)17-15-7-5-6-8-16(15)21-18(24(17)23-20)14-10-9-12(2)11-13(14)3/h5-9,13-14,18H,4,10-11H2,1-3H3,(H,22,23,25). The molecule has 2 aliphatic heterocycles. The average Bonchev–Trinajstić information content (AvgIpc) is 2.61. The van der Waals surface area contributed by atoms with E-state index < -0.39 is 0 Å². The number of amidine groups is 1. The van der Waals surface area contributed by atoms with Crippen LogP contribution in [0.1, 0.15) is 33.6 Å². The molecule has 0 saturated heterocycles. The monoisotopic (exact) mass is 368 g/mol. The highest BCUT2D eigenvalue weighted by Crippen LogP contribution is 2.36.